The molecule has 1 aromatic carbocycles. The first-order valence-electron chi connectivity index (χ1n) is 8.10. The lowest BCUT2D eigenvalue weighted by Gasteiger charge is -2.37. The van der Waals surface area contributed by atoms with Gasteiger partial charge < -0.3 is 14.5 Å². The molecule has 0 atom stereocenters. The number of methoxy groups -OCH3 is 1. The van der Waals surface area contributed by atoms with Crippen molar-refractivity contribution in [3.63, 3.8) is 0 Å². The Hall–Kier alpha value is -2.34. The molecule has 1 fully saturated rings. The molecule has 6 heteroatoms. The highest BCUT2D eigenvalue weighted by molar-refractivity contribution is 7.18. The predicted octanol–water partition coefficient (Wildman–Crippen LogP) is 3.33. The molecule has 0 N–H and O–H groups in total. The van der Waals surface area contributed by atoms with Crippen molar-refractivity contribution >= 4 is 33.1 Å². The zero-order chi connectivity index (χ0) is 16.5. The van der Waals surface area contributed by atoms with Crippen LogP contribution in [0.3, 0.4) is 0 Å². The summed E-state index contributed by atoms with van der Waals surface area (Å²) in [4.78, 5) is 16.0. The van der Waals surface area contributed by atoms with Gasteiger partial charge in [0, 0.05) is 31.1 Å². The van der Waals surface area contributed by atoms with Gasteiger partial charge in [-0.05, 0) is 25.1 Å². The van der Waals surface area contributed by atoms with Crippen LogP contribution < -0.4 is 14.5 Å². The minimum absolute atomic E-state index is 0.934. The van der Waals surface area contributed by atoms with E-state index in [1.54, 1.807) is 24.8 Å². The number of thiophene rings is 1. The summed E-state index contributed by atoms with van der Waals surface area (Å²) in [6, 6.07) is 10.4. The van der Waals surface area contributed by atoms with Gasteiger partial charge in [0.2, 0.25) is 0 Å². The summed E-state index contributed by atoms with van der Waals surface area (Å²) >= 11 is 1.73. The number of fused-ring (bicyclic) bond motifs is 1. The quantitative estimate of drug-likeness (QED) is 0.731. The lowest BCUT2D eigenvalue weighted by molar-refractivity contribution is 0.413. The molecule has 1 aliphatic rings. The van der Waals surface area contributed by atoms with E-state index >= 15 is 0 Å². The van der Waals surface area contributed by atoms with Crippen molar-refractivity contribution < 1.29 is 4.74 Å². The van der Waals surface area contributed by atoms with Crippen LogP contribution in [-0.2, 0) is 0 Å². The third-order valence-corrected chi connectivity index (χ3v) is 5.40. The van der Waals surface area contributed by atoms with E-state index in [-0.39, 0.29) is 0 Å². The average Bonchev–Trinajstić information content (AvgIpc) is 3.02. The van der Waals surface area contributed by atoms with E-state index < -0.39 is 0 Å². The fraction of sp³-hybridized carbons (Fsp3) is 0.333. The minimum Gasteiger partial charge on any atom is -0.495 e. The third kappa shape index (κ3) is 2.67. The largest absolute Gasteiger partial charge is 0.495 e. The van der Waals surface area contributed by atoms with E-state index in [1.807, 2.05) is 12.1 Å². The lowest BCUT2D eigenvalue weighted by Crippen LogP contribution is -2.47. The summed E-state index contributed by atoms with van der Waals surface area (Å²) in [5.41, 5.74) is 1.17. The molecule has 4 rings (SSSR count). The van der Waals surface area contributed by atoms with Crippen molar-refractivity contribution in [2.75, 3.05) is 43.1 Å². The van der Waals surface area contributed by atoms with Crippen LogP contribution >= 0.6 is 11.3 Å². The number of hydrogen-bond acceptors (Lipinski definition) is 6. The molecule has 2 aromatic heterocycles. The zero-order valence-electron chi connectivity index (χ0n) is 13.9. The van der Waals surface area contributed by atoms with Crippen molar-refractivity contribution in [1.29, 1.82) is 0 Å². The second kappa shape index (κ2) is 6.28. The number of anilines is 2. The predicted molar refractivity (Wildman–Crippen MR) is 99.6 cm³/mol. The highest BCUT2D eigenvalue weighted by Gasteiger charge is 2.22. The van der Waals surface area contributed by atoms with Crippen LogP contribution in [0.1, 0.15) is 4.88 Å². The minimum atomic E-state index is 0.934. The maximum absolute atomic E-state index is 5.50. The zero-order valence-corrected chi connectivity index (χ0v) is 14.7. The fourth-order valence-electron chi connectivity index (χ4n) is 3.27. The first-order valence-corrected chi connectivity index (χ1v) is 8.92. The van der Waals surface area contributed by atoms with E-state index in [2.05, 4.69) is 44.9 Å². The van der Waals surface area contributed by atoms with Crippen LogP contribution in [0.25, 0.3) is 10.2 Å². The van der Waals surface area contributed by atoms with E-state index in [0.29, 0.717) is 0 Å². The summed E-state index contributed by atoms with van der Waals surface area (Å²) in [5.74, 6) is 1.99. The molecule has 3 aromatic rings. The molecular formula is C18H20N4OS. The molecule has 0 saturated carbocycles. The molecule has 0 aliphatic carbocycles. The van der Waals surface area contributed by atoms with Gasteiger partial charge in [-0.15, -0.1) is 11.3 Å². The van der Waals surface area contributed by atoms with Crippen LogP contribution in [0.4, 0.5) is 11.5 Å². The maximum atomic E-state index is 5.50. The number of para-hydroxylation sites is 2. The van der Waals surface area contributed by atoms with Crippen molar-refractivity contribution in [2.24, 2.45) is 0 Å². The summed E-state index contributed by atoms with van der Waals surface area (Å²) in [6.07, 6.45) is 1.68. The fourth-order valence-corrected chi connectivity index (χ4v) is 4.11. The Morgan fingerprint density at radius 3 is 2.58 bits per heavy atom. The molecule has 1 saturated heterocycles. The Bertz CT molecular complexity index is 855. The normalized spacial score (nSPS) is 15.1. The van der Waals surface area contributed by atoms with Crippen LogP contribution in [0.2, 0.25) is 0 Å². The molecule has 24 heavy (non-hydrogen) atoms. The molecule has 0 radical (unpaired) electrons. The first kappa shape index (κ1) is 15.2. The van der Waals surface area contributed by atoms with Crippen LogP contribution in [0, 0.1) is 6.92 Å². The third-order valence-electron chi connectivity index (χ3n) is 4.44. The Morgan fingerprint density at radius 2 is 1.79 bits per heavy atom. The van der Waals surface area contributed by atoms with Gasteiger partial charge in [-0.1, -0.05) is 12.1 Å². The van der Waals surface area contributed by atoms with E-state index in [1.165, 1.54) is 16.0 Å². The summed E-state index contributed by atoms with van der Waals surface area (Å²) in [6.45, 7) is 5.91. The van der Waals surface area contributed by atoms with Gasteiger partial charge in [-0.2, -0.15) is 0 Å². The number of aryl methyl sites for hydroxylation is 1. The number of rotatable bonds is 3. The van der Waals surface area contributed by atoms with Gasteiger partial charge in [0.25, 0.3) is 0 Å². The topological polar surface area (TPSA) is 41.5 Å². The second-order valence-corrected chi connectivity index (χ2v) is 7.15. The molecule has 0 bridgehead atoms. The molecule has 0 amide bonds. The molecule has 1 aliphatic heterocycles. The number of piperazine rings is 1. The van der Waals surface area contributed by atoms with Crippen molar-refractivity contribution in [3.05, 3.63) is 41.5 Å². The number of nitrogens with zero attached hydrogens (tertiary/aromatic N) is 4. The standard InChI is InChI=1S/C18H20N4OS/c1-13-11-14-17(19-12-20-18(14)24-13)22-9-7-21(8-10-22)15-5-3-4-6-16(15)23-2/h3-6,11-12H,7-10H2,1-2H3. The van der Waals surface area contributed by atoms with E-state index in [9.17, 15) is 0 Å². The highest BCUT2D eigenvalue weighted by atomic mass is 32.1. The lowest BCUT2D eigenvalue weighted by atomic mass is 10.2. The van der Waals surface area contributed by atoms with Crippen molar-refractivity contribution in [3.8, 4) is 5.75 Å². The summed E-state index contributed by atoms with van der Waals surface area (Å²) < 4.78 is 5.50. The van der Waals surface area contributed by atoms with Crippen molar-refractivity contribution in [1.82, 2.24) is 9.97 Å². The monoisotopic (exact) mass is 340 g/mol. The molecule has 3 heterocycles. The van der Waals surface area contributed by atoms with Gasteiger partial charge in [-0.25, -0.2) is 9.97 Å². The number of ether oxygens (including phenoxy) is 1. The van der Waals surface area contributed by atoms with Gasteiger partial charge in [0.05, 0.1) is 18.2 Å². The SMILES string of the molecule is COc1ccccc1N1CCN(c2ncnc3sc(C)cc23)CC1. The number of benzene rings is 1. The number of aromatic nitrogens is 2. The van der Waals surface area contributed by atoms with Gasteiger partial charge in [0.1, 0.15) is 22.7 Å². The van der Waals surface area contributed by atoms with E-state index in [0.717, 1.165) is 42.6 Å². The maximum Gasteiger partial charge on any atom is 0.142 e. The smallest absolute Gasteiger partial charge is 0.142 e. The van der Waals surface area contributed by atoms with Crippen molar-refractivity contribution in [2.45, 2.75) is 6.92 Å². The molecule has 0 spiro atoms. The Morgan fingerprint density at radius 1 is 1.04 bits per heavy atom. The molecule has 5 nitrogen and oxygen atoms in total. The van der Waals surface area contributed by atoms with Gasteiger partial charge in [-0.3, -0.25) is 0 Å². The van der Waals surface area contributed by atoms with Crippen LogP contribution in [-0.4, -0.2) is 43.3 Å². The van der Waals surface area contributed by atoms with Crippen LogP contribution in [0.15, 0.2) is 36.7 Å². The Balaban J connectivity index is 1.55. The first-order chi connectivity index (χ1) is 11.8. The van der Waals surface area contributed by atoms with E-state index in [4.69, 9.17) is 4.74 Å². The molecule has 124 valence electrons. The van der Waals surface area contributed by atoms with Gasteiger partial charge >= 0.3 is 0 Å². The van der Waals surface area contributed by atoms with Crippen LogP contribution in [0.5, 0.6) is 5.75 Å². The highest BCUT2D eigenvalue weighted by Crippen LogP contribution is 2.32. The average molecular weight is 340 g/mol. The molecular weight excluding hydrogens is 320 g/mol. The van der Waals surface area contributed by atoms with Gasteiger partial charge in [0.15, 0.2) is 0 Å². The number of hydrogen-bond donors (Lipinski definition) is 0. The Kier molecular flexibility index (Phi) is 3.98. The summed E-state index contributed by atoms with van der Waals surface area (Å²) in [5, 5.41) is 1.17. The molecule has 0 unspecified atom stereocenters. The Labute approximate surface area is 145 Å². The summed E-state index contributed by atoms with van der Waals surface area (Å²) in [7, 11) is 1.73. The second-order valence-electron chi connectivity index (χ2n) is 5.92.